The molecular formula is C13H20N2. The van der Waals surface area contributed by atoms with Gasteiger partial charge in [0, 0.05) is 23.2 Å². The van der Waals surface area contributed by atoms with Crippen molar-refractivity contribution in [3.63, 3.8) is 0 Å². The Morgan fingerprint density at radius 3 is 2.53 bits per heavy atom. The Bertz CT molecular complexity index is 352. The lowest BCUT2D eigenvalue weighted by atomic mass is 10.1. The van der Waals surface area contributed by atoms with Crippen LogP contribution in [-0.2, 0) is 0 Å². The molecule has 2 rings (SSSR count). The van der Waals surface area contributed by atoms with Crippen LogP contribution in [0.1, 0.15) is 38.7 Å². The van der Waals surface area contributed by atoms with Gasteiger partial charge in [0.2, 0.25) is 0 Å². The molecule has 0 aromatic heterocycles. The quantitative estimate of drug-likeness (QED) is 0.777. The molecule has 0 spiro atoms. The Hall–Kier alpha value is -1.02. The van der Waals surface area contributed by atoms with Crippen LogP contribution in [-0.4, -0.2) is 11.6 Å². The zero-order chi connectivity index (χ0) is 11.1. The van der Waals surface area contributed by atoms with Crippen molar-refractivity contribution in [3.8, 4) is 0 Å². The molecule has 3 N–H and O–H groups in total. The van der Waals surface area contributed by atoms with Crippen LogP contribution in [0.15, 0.2) is 24.3 Å². The fraction of sp³-hybridized carbons (Fsp3) is 0.538. The molecule has 0 amide bonds. The van der Waals surface area contributed by atoms with Crippen molar-refractivity contribution in [2.75, 3.05) is 5.32 Å². The molecule has 2 unspecified atom stereocenters. The van der Waals surface area contributed by atoms with E-state index in [2.05, 4.69) is 50.4 Å². The Morgan fingerprint density at radius 1 is 1.33 bits per heavy atom. The van der Waals surface area contributed by atoms with Crippen LogP contribution in [0.25, 0.3) is 0 Å². The number of nitrogens with two attached hydrogens (primary N) is 1. The summed E-state index contributed by atoms with van der Waals surface area (Å²) in [7, 11) is 0. The highest BCUT2D eigenvalue weighted by Crippen LogP contribution is 2.39. The van der Waals surface area contributed by atoms with Crippen LogP contribution in [0.2, 0.25) is 0 Å². The Kier molecular flexibility index (Phi) is 2.47. The SMILES string of the molecule is CC(C)(C)Nc1cccc(C2CC2N)c1. The van der Waals surface area contributed by atoms with E-state index in [0.717, 1.165) is 6.42 Å². The van der Waals surface area contributed by atoms with Gasteiger partial charge in [-0.1, -0.05) is 12.1 Å². The lowest BCUT2D eigenvalue weighted by molar-refractivity contribution is 0.634. The molecular weight excluding hydrogens is 184 g/mol. The van der Waals surface area contributed by atoms with Crippen molar-refractivity contribution in [2.24, 2.45) is 5.73 Å². The maximum absolute atomic E-state index is 5.86. The molecule has 1 saturated carbocycles. The number of hydrogen-bond donors (Lipinski definition) is 2. The summed E-state index contributed by atoms with van der Waals surface area (Å²) in [5.74, 6) is 0.590. The topological polar surface area (TPSA) is 38.0 Å². The third-order valence-corrected chi connectivity index (χ3v) is 2.67. The Balaban J connectivity index is 2.13. The van der Waals surface area contributed by atoms with E-state index in [-0.39, 0.29) is 5.54 Å². The first kappa shape index (κ1) is 10.5. The molecule has 2 heteroatoms. The van der Waals surface area contributed by atoms with Crippen molar-refractivity contribution in [2.45, 2.75) is 44.7 Å². The van der Waals surface area contributed by atoms with Gasteiger partial charge < -0.3 is 11.1 Å². The van der Waals surface area contributed by atoms with Crippen molar-refractivity contribution in [1.82, 2.24) is 0 Å². The van der Waals surface area contributed by atoms with E-state index < -0.39 is 0 Å². The molecule has 0 saturated heterocycles. The smallest absolute Gasteiger partial charge is 0.0347 e. The molecule has 15 heavy (non-hydrogen) atoms. The van der Waals surface area contributed by atoms with E-state index in [9.17, 15) is 0 Å². The summed E-state index contributed by atoms with van der Waals surface area (Å²) in [5.41, 5.74) is 8.54. The van der Waals surface area contributed by atoms with E-state index in [1.165, 1.54) is 11.3 Å². The molecule has 0 bridgehead atoms. The van der Waals surface area contributed by atoms with Gasteiger partial charge in [-0.25, -0.2) is 0 Å². The van der Waals surface area contributed by atoms with Crippen molar-refractivity contribution in [3.05, 3.63) is 29.8 Å². The van der Waals surface area contributed by atoms with Crippen molar-refractivity contribution in [1.29, 1.82) is 0 Å². The molecule has 2 nitrogen and oxygen atoms in total. The lowest BCUT2D eigenvalue weighted by Crippen LogP contribution is -2.26. The zero-order valence-corrected chi connectivity index (χ0v) is 9.75. The predicted octanol–water partition coefficient (Wildman–Crippen LogP) is 2.71. The number of nitrogens with one attached hydrogen (secondary N) is 1. The van der Waals surface area contributed by atoms with E-state index in [4.69, 9.17) is 5.73 Å². The van der Waals surface area contributed by atoms with E-state index in [1.807, 2.05) is 0 Å². The molecule has 82 valence electrons. The minimum absolute atomic E-state index is 0.115. The molecule has 2 atom stereocenters. The first-order valence-electron chi connectivity index (χ1n) is 5.59. The molecule has 0 aliphatic heterocycles. The van der Waals surface area contributed by atoms with Gasteiger partial charge in [0.15, 0.2) is 0 Å². The summed E-state index contributed by atoms with van der Waals surface area (Å²) >= 11 is 0. The Morgan fingerprint density at radius 2 is 2.00 bits per heavy atom. The standard InChI is InChI=1S/C13H20N2/c1-13(2,3)15-10-6-4-5-9(7-10)11-8-12(11)14/h4-7,11-12,15H,8,14H2,1-3H3. The first-order chi connectivity index (χ1) is 6.96. The number of rotatable bonds is 2. The van der Waals surface area contributed by atoms with Gasteiger partial charge in [-0.05, 0) is 44.9 Å². The minimum atomic E-state index is 0.115. The van der Waals surface area contributed by atoms with Crippen LogP contribution in [0, 0.1) is 0 Å². The van der Waals surface area contributed by atoms with Gasteiger partial charge in [0.05, 0.1) is 0 Å². The van der Waals surface area contributed by atoms with E-state index in [1.54, 1.807) is 0 Å². The normalized spacial score (nSPS) is 25.1. The van der Waals surface area contributed by atoms with Crippen LogP contribution in [0.5, 0.6) is 0 Å². The summed E-state index contributed by atoms with van der Waals surface area (Å²) in [5, 5.41) is 3.48. The van der Waals surface area contributed by atoms with Crippen molar-refractivity contribution >= 4 is 5.69 Å². The number of hydrogen-bond acceptors (Lipinski definition) is 2. The van der Waals surface area contributed by atoms with Gasteiger partial charge in [0.1, 0.15) is 0 Å². The van der Waals surface area contributed by atoms with Gasteiger partial charge in [-0.3, -0.25) is 0 Å². The van der Waals surface area contributed by atoms with Gasteiger partial charge in [-0.2, -0.15) is 0 Å². The number of benzene rings is 1. The summed E-state index contributed by atoms with van der Waals surface area (Å²) in [6, 6.07) is 9.00. The first-order valence-corrected chi connectivity index (χ1v) is 5.59. The summed E-state index contributed by atoms with van der Waals surface area (Å²) in [6.07, 6.45) is 1.14. The number of anilines is 1. The minimum Gasteiger partial charge on any atom is -0.380 e. The van der Waals surface area contributed by atoms with Crippen LogP contribution >= 0.6 is 0 Å². The lowest BCUT2D eigenvalue weighted by Gasteiger charge is -2.22. The monoisotopic (exact) mass is 204 g/mol. The maximum Gasteiger partial charge on any atom is 0.0347 e. The average Bonchev–Trinajstić information content (AvgIpc) is 2.80. The zero-order valence-electron chi connectivity index (χ0n) is 9.75. The summed E-state index contributed by atoms with van der Waals surface area (Å²) in [4.78, 5) is 0. The van der Waals surface area contributed by atoms with Crippen LogP contribution < -0.4 is 11.1 Å². The van der Waals surface area contributed by atoms with Gasteiger partial charge in [0.25, 0.3) is 0 Å². The Labute approximate surface area is 91.9 Å². The molecule has 0 radical (unpaired) electrons. The second-order valence-corrected chi connectivity index (χ2v) is 5.51. The average molecular weight is 204 g/mol. The third kappa shape index (κ3) is 2.72. The second-order valence-electron chi connectivity index (χ2n) is 5.51. The highest BCUT2D eigenvalue weighted by atomic mass is 14.9. The molecule has 0 heterocycles. The van der Waals surface area contributed by atoms with E-state index in [0.29, 0.717) is 12.0 Å². The fourth-order valence-electron chi connectivity index (χ4n) is 1.88. The molecule has 1 aliphatic carbocycles. The van der Waals surface area contributed by atoms with Crippen LogP contribution in [0.4, 0.5) is 5.69 Å². The second kappa shape index (κ2) is 3.53. The summed E-state index contributed by atoms with van der Waals surface area (Å²) < 4.78 is 0. The fourth-order valence-corrected chi connectivity index (χ4v) is 1.88. The highest BCUT2D eigenvalue weighted by Gasteiger charge is 2.34. The highest BCUT2D eigenvalue weighted by molar-refractivity contribution is 5.49. The molecule has 1 fully saturated rings. The van der Waals surface area contributed by atoms with Gasteiger partial charge >= 0.3 is 0 Å². The van der Waals surface area contributed by atoms with Crippen LogP contribution in [0.3, 0.4) is 0 Å². The predicted molar refractivity (Wildman–Crippen MR) is 65.2 cm³/mol. The summed E-state index contributed by atoms with van der Waals surface area (Å²) in [6.45, 7) is 6.51. The molecule has 1 aliphatic rings. The largest absolute Gasteiger partial charge is 0.380 e. The van der Waals surface area contributed by atoms with Crippen molar-refractivity contribution < 1.29 is 0 Å². The van der Waals surface area contributed by atoms with E-state index >= 15 is 0 Å². The molecule has 1 aromatic carbocycles. The third-order valence-electron chi connectivity index (χ3n) is 2.67. The van der Waals surface area contributed by atoms with Gasteiger partial charge in [-0.15, -0.1) is 0 Å². The molecule has 1 aromatic rings. The maximum atomic E-state index is 5.86.